The van der Waals surface area contributed by atoms with Crippen LogP contribution < -0.4 is 20.5 Å². The van der Waals surface area contributed by atoms with Gasteiger partial charge < -0.3 is 24.9 Å². The Morgan fingerprint density at radius 1 is 1.27 bits per heavy atom. The van der Waals surface area contributed by atoms with E-state index in [1.165, 1.54) is 0 Å². The Bertz CT molecular complexity index is 916. The van der Waals surface area contributed by atoms with Gasteiger partial charge in [-0.3, -0.25) is 0 Å². The average Bonchev–Trinajstić information content (AvgIpc) is 3.03. The molecule has 7 heteroatoms. The van der Waals surface area contributed by atoms with Crippen LogP contribution in [-0.4, -0.2) is 19.2 Å². The topological polar surface area (TPSA) is 106 Å². The molecule has 0 radical (unpaired) electrons. The van der Waals surface area contributed by atoms with Crippen LogP contribution in [0.1, 0.15) is 43.8 Å². The van der Waals surface area contributed by atoms with Gasteiger partial charge in [0.1, 0.15) is 23.0 Å². The van der Waals surface area contributed by atoms with Gasteiger partial charge in [-0.25, -0.2) is 4.98 Å². The lowest BCUT2D eigenvalue weighted by molar-refractivity contribution is 0.398. The Kier molecular flexibility index (Phi) is 4.28. The second kappa shape index (κ2) is 6.30. The average molecular weight is 354 g/mol. The number of nitrogens with two attached hydrogens (primary N) is 1. The molecule has 1 aliphatic rings. The van der Waals surface area contributed by atoms with Crippen molar-refractivity contribution in [3.05, 3.63) is 46.7 Å². The maximum atomic E-state index is 9.72. The van der Waals surface area contributed by atoms with Crippen LogP contribution in [0, 0.1) is 11.3 Å². The smallest absolute Gasteiger partial charge is 0.223 e. The number of ether oxygens (including phenoxy) is 2. The molecular weight excluding hydrogens is 332 g/mol. The SMILES string of the molecule is COc1ccc(OC)c(C2C(C#N)=C(N)Nc3oc(C(C)(C)C)nc32)c1. The Balaban J connectivity index is 2.26. The third kappa shape index (κ3) is 2.84. The zero-order valence-electron chi connectivity index (χ0n) is 15.5. The molecular formula is C19H22N4O3. The summed E-state index contributed by atoms with van der Waals surface area (Å²) in [5.41, 5.74) is 7.51. The molecule has 0 spiro atoms. The Hall–Kier alpha value is -3.14. The molecule has 26 heavy (non-hydrogen) atoms. The molecule has 0 amide bonds. The predicted octanol–water partition coefficient (Wildman–Crippen LogP) is 3.24. The van der Waals surface area contributed by atoms with Crippen molar-refractivity contribution in [3.63, 3.8) is 0 Å². The van der Waals surface area contributed by atoms with Crippen molar-refractivity contribution in [2.45, 2.75) is 32.1 Å². The van der Waals surface area contributed by atoms with Crippen LogP contribution in [0.2, 0.25) is 0 Å². The first-order valence-electron chi connectivity index (χ1n) is 8.20. The number of fused-ring (bicyclic) bond motifs is 1. The van der Waals surface area contributed by atoms with E-state index in [1.54, 1.807) is 26.4 Å². The number of oxazole rings is 1. The van der Waals surface area contributed by atoms with Gasteiger partial charge in [0.2, 0.25) is 11.8 Å². The fourth-order valence-electron chi connectivity index (χ4n) is 2.91. The Morgan fingerprint density at radius 2 is 2.00 bits per heavy atom. The molecule has 3 rings (SSSR count). The van der Waals surface area contributed by atoms with E-state index in [2.05, 4.69) is 16.4 Å². The molecule has 1 aliphatic heterocycles. The van der Waals surface area contributed by atoms with E-state index in [9.17, 15) is 5.26 Å². The molecule has 1 unspecified atom stereocenters. The number of aromatic nitrogens is 1. The first-order valence-corrected chi connectivity index (χ1v) is 8.20. The minimum absolute atomic E-state index is 0.242. The van der Waals surface area contributed by atoms with Gasteiger partial charge in [-0.1, -0.05) is 20.8 Å². The molecule has 0 aliphatic carbocycles. The van der Waals surface area contributed by atoms with Crippen LogP contribution in [0.4, 0.5) is 5.88 Å². The molecule has 0 bridgehead atoms. The number of nitriles is 1. The summed E-state index contributed by atoms with van der Waals surface area (Å²) in [5, 5.41) is 12.7. The van der Waals surface area contributed by atoms with Crippen molar-refractivity contribution in [3.8, 4) is 17.6 Å². The van der Waals surface area contributed by atoms with Gasteiger partial charge in [0.15, 0.2) is 0 Å². The quantitative estimate of drug-likeness (QED) is 0.871. The number of methoxy groups -OCH3 is 2. The highest BCUT2D eigenvalue weighted by molar-refractivity contribution is 5.63. The second-order valence-electron chi connectivity index (χ2n) is 7.09. The van der Waals surface area contributed by atoms with Gasteiger partial charge in [0.05, 0.1) is 31.8 Å². The zero-order valence-corrected chi connectivity index (χ0v) is 15.5. The fraction of sp³-hybridized carbons (Fsp3) is 0.368. The first kappa shape index (κ1) is 17.7. The van der Waals surface area contributed by atoms with Crippen molar-refractivity contribution in [1.29, 1.82) is 5.26 Å². The predicted molar refractivity (Wildman–Crippen MR) is 97.0 cm³/mol. The number of nitrogens with one attached hydrogen (secondary N) is 1. The fourth-order valence-corrected chi connectivity index (χ4v) is 2.91. The lowest BCUT2D eigenvalue weighted by atomic mass is 9.86. The van der Waals surface area contributed by atoms with Crippen LogP contribution in [0.5, 0.6) is 11.5 Å². The standard InChI is InChI=1S/C19H22N4O3/c1-19(2,3)18-22-15-14(12(9-20)16(21)23-17(15)26-18)11-8-10(24-4)6-7-13(11)25-5/h6-8,14,23H,21H2,1-5H3. The molecule has 0 saturated heterocycles. The van der Waals surface area contributed by atoms with E-state index in [0.29, 0.717) is 34.5 Å². The summed E-state index contributed by atoms with van der Waals surface area (Å²) in [6.45, 7) is 6.02. The lowest BCUT2D eigenvalue weighted by Gasteiger charge is -2.24. The second-order valence-corrected chi connectivity index (χ2v) is 7.09. The third-order valence-corrected chi connectivity index (χ3v) is 4.26. The van der Waals surface area contributed by atoms with E-state index in [1.807, 2.05) is 26.8 Å². The van der Waals surface area contributed by atoms with E-state index in [4.69, 9.17) is 19.6 Å². The van der Waals surface area contributed by atoms with Gasteiger partial charge in [-0.15, -0.1) is 0 Å². The summed E-state index contributed by atoms with van der Waals surface area (Å²) in [6.07, 6.45) is 0. The number of rotatable bonds is 3. The third-order valence-electron chi connectivity index (χ3n) is 4.26. The van der Waals surface area contributed by atoms with E-state index >= 15 is 0 Å². The Morgan fingerprint density at radius 3 is 2.58 bits per heavy atom. The van der Waals surface area contributed by atoms with Crippen LogP contribution in [0.3, 0.4) is 0 Å². The van der Waals surface area contributed by atoms with Crippen LogP contribution in [0.25, 0.3) is 0 Å². The molecule has 1 aromatic heterocycles. The summed E-state index contributed by atoms with van der Waals surface area (Å²) in [4.78, 5) is 4.68. The first-order chi connectivity index (χ1) is 12.3. The van der Waals surface area contributed by atoms with Crippen LogP contribution in [0.15, 0.2) is 34.0 Å². The largest absolute Gasteiger partial charge is 0.497 e. The maximum Gasteiger partial charge on any atom is 0.223 e. The van der Waals surface area contributed by atoms with Crippen molar-refractivity contribution < 1.29 is 13.9 Å². The van der Waals surface area contributed by atoms with Gasteiger partial charge in [0.25, 0.3) is 0 Å². The summed E-state index contributed by atoms with van der Waals surface area (Å²) in [6, 6.07) is 7.62. The number of anilines is 1. The molecule has 0 saturated carbocycles. The summed E-state index contributed by atoms with van der Waals surface area (Å²) in [5.74, 6) is 2.00. The molecule has 136 valence electrons. The zero-order chi connectivity index (χ0) is 19.1. The molecule has 1 aromatic carbocycles. The van der Waals surface area contributed by atoms with Crippen molar-refractivity contribution in [2.75, 3.05) is 19.5 Å². The van der Waals surface area contributed by atoms with Crippen molar-refractivity contribution in [2.24, 2.45) is 5.73 Å². The van der Waals surface area contributed by atoms with E-state index < -0.39 is 5.92 Å². The molecule has 2 heterocycles. The normalized spacial score (nSPS) is 16.5. The maximum absolute atomic E-state index is 9.72. The molecule has 1 atom stereocenters. The highest BCUT2D eigenvalue weighted by Crippen LogP contribution is 2.45. The minimum atomic E-state index is -0.513. The van der Waals surface area contributed by atoms with Crippen LogP contribution >= 0.6 is 0 Å². The molecule has 7 nitrogen and oxygen atoms in total. The van der Waals surface area contributed by atoms with Crippen LogP contribution in [-0.2, 0) is 5.41 Å². The number of nitrogens with zero attached hydrogens (tertiary/aromatic N) is 2. The summed E-state index contributed by atoms with van der Waals surface area (Å²) >= 11 is 0. The molecule has 0 fully saturated rings. The van der Waals surface area contributed by atoms with Gasteiger partial charge in [0, 0.05) is 11.0 Å². The summed E-state index contributed by atoms with van der Waals surface area (Å²) in [7, 11) is 3.17. The highest BCUT2D eigenvalue weighted by atomic mass is 16.5. The van der Waals surface area contributed by atoms with E-state index in [-0.39, 0.29) is 11.2 Å². The number of benzene rings is 1. The number of allylic oxidation sites excluding steroid dienone is 1. The lowest BCUT2D eigenvalue weighted by Crippen LogP contribution is -2.23. The number of hydrogen-bond donors (Lipinski definition) is 2. The van der Waals surface area contributed by atoms with Gasteiger partial charge >= 0.3 is 0 Å². The van der Waals surface area contributed by atoms with Crippen molar-refractivity contribution in [1.82, 2.24) is 4.98 Å². The minimum Gasteiger partial charge on any atom is -0.497 e. The highest BCUT2D eigenvalue weighted by Gasteiger charge is 2.37. The number of hydrogen-bond acceptors (Lipinski definition) is 7. The summed E-state index contributed by atoms with van der Waals surface area (Å²) < 4.78 is 16.7. The van der Waals surface area contributed by atoms with E-state index in [0.717, 1.165) is 5.56 Å². The molecule has 3 N–H and O–H groups in total. The van der Waals surface area contributed by atoms with Crippen molar-refractivity contribution >= 4 is 5.88 Å². The van der Waals surface area contributed by atoms with Gasteiger partial charge in [-0.2, -0.15) is 5.26 Å². The van der Waals surface area contributed by atoms with Gasteiger partial charge in [-0.05, 0) is 18.2 Å². The monoisotopic (exact) mass is 354 g/mol. The molecule has 2 aromatic rings. The Labute approximate surface area is 152 Å².